The van der Waals surface area contributed by atoms with Gasteiger partial charge in [-0.1, -0.05) is 55.3 Å². The van der Waals surface area contributed by atoms with Gasteiger partial charge in [0.05, 0.1) is 7.11 Å². The van der Waals surface area contributed by atoms with Gasteiger partial charge in [-0.05, 0) is 62.8 Å². The Labute approximate surface area is 252 Å². The summed E-state index contributed by atoms with van der Waals surface area (Å²) in [6, 6.07) is 13.5. The van der Waals surface area contributed by atoms with E-state index in [-0.39, 0.29) is 38.1 Å². The van der Waals surface area contributed by atoms with Crippen LogP contribution in [0.25, 0.3) is 0 Å². The first-order valence-electron chi connectivity index (χ1n) is 14.5. The van der Waals surface area contributed by atoms with Gasteiger partial charge in [-0.3, -0.25) is 9.59 Å². The van der Waals surface area contributed by atoms with Gasteiger partial charge in [0.1, 0.15) is 30.6 Å². The molecule has 0 bridgehead atoms. The number of nitrogens with one attached hydrogen (secondary N) is 2. The van der Waals surface area contributed by atoms with Crippen LogP contribution in [0.1, 0.15) is 57.6 Å². The maximum absolute atomic E-state index is 14.0. The molecule has 43 heavy (non-hydrogen) atoms. The highest BCUT2D eigenvalue weighted by Gasteiger charge is 2.34. The Morgan fingerprint density at radius 1 is 0.953 bits per heavy atom. The second-order valence-electron chi connectivity index (χ2n) is 11.7. The third-order valence-corrected chi connectivity index (χ3v) is 7.08. The number of methoxy groups -OCH3 is 1. The van der Waals surface area contributed by atoms with E-state index < -0.39 is 41.5 Å². The summed E-state index contributed by atoms with van der Waals surface area (Å²) in [5, 5.41) is 5.58. The van der Waals surface area contributed by atoms with Gasteiger partial charge in [0.2, 0.25) is 5.91 Å². The molecule has 0 saturated heterocycles. The Kier molecular flexibility index (Phi) is 12.3. The molecule has 0 aromatic heterocycles. The fraction of sp³-hybridized carbons (Fsp3) is 0.500. The molecule has 3 atom stereocenters. The second-order valence-corrected chi connectivity index (χ2v) is 11.7. The lowest BCUT2D eigenvalue weighted by Gasteiger charge is -2.36. The molecule has 1 aliphatic carbocycles. The average Bonchev–Trinajstić information content (AvgIpc) is 2.96. The van der Waals surface area contributed by atoms with Gasteiger partial charge in [-0.25, -0.2) is 14.0 Å². The minimum Gasteiger partial charge on any atom is -0.468 e. The van der Waals surface area contributed by atoms with Gasteiger partial charge in [0, 0.05) is 19.0 Å². The minimum absolute atomic E-state index is 0.0359. The van der Waals surface area contributed by atoms with E-state index in [0.717, 1.165) is 18.4 Å². The summed E-state index contributed by atoms with van der Waals surface area (Å²) >= 11 is 0. The number of carbonyl (C=O) groups excluding carboxylic acids is 4. The molecule has 2 N–H and O–H groups in total. The topological polar surface area (TPSA) is 123 Å². The van der Waals surface area contributed by atoms with Crippen LogP contribution in [0.5, 0.6) is 0 Å². The number of carbonyl (C=O) groups is 4. The Balaban J connectivity index is 1.77. The molecular formula is C32H42FN3O7. The lowest BCUT2D eigenvalue weighted by Crippen LogP contribution is -2.55. The first kappa shape index (κ1) is 33.4. The van der Waals surface area contributed by atoms with Crippen LogP contribution < -0.4 is 10.6 Å². The van der Waals surface area contributed by atoms with E-state index in [4.69, 9.17) is 14.2 Å². The summed E-state index contributed by atoms with van der Waals surface area (Å²) in [6.45, 7) is 5.01. The number of hydrogen-bond acceptors (Lipinski definition) is 7. The monoisotopic (exact) mass is 599 g/mol. The molecule has 2 aromatic rings. The summed E-state index contributed by atoms with van der Waals surface area (Å²) in [4.78, 5) is 53.1. The molecule has 0 aliphatic heterocycles. The van der Waals surface area contributed by atoms with Crippen molar-refractivity contribution in [1.29, 1.82) is 0 Å². The van der Waals surface area contributed by atoms with Crippen molar-refractivity contribution in [3.63, 3.8) is 0 Å². The largest absolute Gasteiger partial charge is 0.468 e. The van der Waals surface area contributed by atoms with E-state index in [0.29, 0.717) is 18.4 Å². The molecule has 1 aliphatic rings. The van der Waals surface area contributed by atoms with Gasteiger partial charge >= 0.3 is 18.2 Å². The molecule has 0 spiro atoms. The summed E-state index contributed by atoms with van der Waals surface area (Å²) < 4.78 is 29.2. The Morgan fingerprint density at radius 2 is 1.63 bits per heavy atom. The first-order chi connectivity index (χ1) is 20.4. The van der Waals surface area contributed by atoms with Gasteiger partial charge in [-0.15, -0.1) is 0 Å². The first-order valence-corrected chi connectivity index (χ1v) is 14.5. The number of amides is 3. The van der Waals surface area contributed by atoms with Crippen LogP contribution in [0.4, 0.5) is 14.0 Å². The zero-order chi connectivity index (χ0) is 31.4. The van der Waals surface area contributed by atoms with Gasteiger partial charge in [-0.2, -0.15) is 0 Å². The molecule has 3 amide bonds. The van der Waals surface area contributed by atoms with Crippen molar-refractivity contribution >= 4 is 24.1 Å². The number of benzene rings is 2. The van der Waals surface area contributed by atoms with Gasteiger partial charge < -0.3 is 29.7 Å². The van der Waals surface area contributed by atoms with E-state index in [1.807, 2.05) is 30.3 Å². The van der Waals surface area contributed by atoms with Gasteiger partial charge in [0.25, 0.3) is 0 Å². The Bertz CT molecular complexity index is 1220. The van der Waals surface area contributed by atoms with Crippen molar-refractivity contribution in [2.45, 2.75) is 77.2 Å². The fourth-order valence-electron chi connectivity index (χ4n) is 4.99. The van der Waals surface area contributed by atoms with Crippen molar-refractivity contribution in [1.82, 2.24) is 15.5 Å². The predicted molar refractivity (Wildman–Crippen MR) is 157 cm³/mol. The van der Waals surface area contributed by atoms with E-state index in [1.54, 1.807) is 20.8 Å². The zero-order valence-corrected chi connectivity index (χ0v) is 25.3. The number of ether oxygens (including phenoxy) is 3. The van der Waals surface area contributed by atoms with Crippen molar-refractivity contribution in [2.75, 3.05) is 20.2 Å². The Hall–Kier alpha value is -4.15. The van der Waals surface area contributed by atoms with Crippen molar-refractivity contribution in [2.24, 2.45) is 5.92 Å². The minimum atomic E-state index is -1.11. The smallest absolute Gasteiger partial charge is 0.408 e. The number of hydrogen-bond donors (Lipinski definition) is 2. The van der Waals surface area contributed by atoms with E-state index in [9.17, 15) is 23.6 Å². The second kappa shape index (κ2) is 15.9. The van der Waals surface area contributed by atoms with Crippen molar-refractivity contribution in [3.05, 3.63) is 71.5 Å². The third kappa shape index (κ3) is 11.6. The predicted octanol–water partition coefficient (Wildman–Crippen LogP) is 4.75. The molecular weight excluding hydrogens is 557 g/mol. The fourth-order valence-corrected chi connectivity index (χ4v) is 4.99. The normalized spacial score (nSPS) is 17.2. The van der Waals surface area contributed by atoms with Gasteiger partial charge in [0.15, 0.2) is 0 Å². The molecule has 11 heteroatoms. The summed E-state index contributed by atoms with van der Waals surface area (Å²) in [5.41, 5.74) is 0.652. The maximum atomic E-state index is 14.0. The highest BCUT2D eigenvalue weighted by Crippen LogP contribution is 2.26. The Morgan fingerprint density at radius 3 is 2.28 bits per heavy atom. The average molecular weight is 600 g/mol. The summed E-state index contributed by atoms with van der Waals surface area (Å²) in [7, 11) is 1.23. The quantitative estimate of drug-likeness (QED) is 0.282. The standard InChI is InChI=1S/C32H42FN3O7/c1-32(2,3)43-31(40)35-27(18-22-14-16-25(33)17-15-22)29(38)36(20-28(37)41-4)19-24-12-8-9-13-26(24)34-30(39)42-21-23-10-6-5-7-11-23/h5-7,10-11,14-17,24,26-27H,8-9,12-13,18-21H2,1-4H3,(H,34,39)(H,35,40)/t24?,26-,27-/m0/s1. The number of rotatable bonds is 11. The summed E-state index contributed by atoms with van der Waals surface area (Å²) in [5.74, 6) is -1.78. The van der Waals surface area contributed by atoms with Crippen LogP contribution in [-0.4, -0.2) is 66.8 Å². The van der Waals surface area contributed by atoms with Crippen LogP contribution in [0.3, 0.4) is 0 Å². The lowest BCUT2D eigenvalue weighted by molar-refractivity contribution is -0.148. The molecule has 10 nitrogen and oxygen atoms in total. The summed E-state index contributed by atoms with van der Waals surface area (Å²) in [6.07, 6.45) is 1.83. The maximum Gasteiger partial charge on any atom is 0.408 e. The lowest BCUT2D eigenvalue weighted by atomic mass is 9.84. The molecule has 234 valence electrons. The molecule has 3 rings (SSSR count). The highest BCUT2D eigenvalue weighted by atomic mass is 19.1. The van der Waals surface area contributed by atoms with Crippen LogP contribution in [0.2, 0.25) is 0 Å². The highest BCUT2D eigenvalue weighted by molar-refractivity contribution is 5.88. The number of alkyl carbamates (subject to hydrolysis) is 2. The molecule has 2 aromatic carbocycles. The van der Waals surface area contributed by atoms with Crippen LogP contribution in [0, 0.1) is 11.7 Å². The van der Waals surface area contributed by atoms with E-state index >= 15 is 0 Å². The van der Waals surface area contributed by atoms with Crippen LogP contribution in [0.15, 0.2) is 54.6 Å². The van der Waals surface area contributed by atoms with E-state index in [2.05, 4.69) is 10.6 Å². The number of halogens is 1. The number of nitrogens with zero attached hydrogens (tertiary/aromatic N) is 1. The van der Waals surface area contributed by atoms with Crippen molar-refractivity contribution in [3.8, 4) is 0 Å². The molecule has 0 radical (unpaired) electrons. The van der Waals surface area contributed by atoms with Crippen LogP contribution in [-0.2, 0) is 36.8 Å². The molecule has 1 unspecified atom stereocenters. The van der Waals surface area contributed by atoms with Crippen LogP contribution >= 0.6 is 0 Å². The molecule has 1 fully saturated rings. The number of esters is 1. The third-order valence-electron chi connectivity index (χ3n) is 7.08. The molecule has 1 saturated carbocycles. The van der Waals surface area contributed by atoms with E-state index in [1.165, 1.54) is 36.3 Å². The molecule has 0 heterocycles. The SMILES string of the molecule is COC(=O)CN(CC1CCCC[C@@H]1NC(=O)OCc1ccccc1)C(=O)[C@H](Cc1ccc(F)cc1)NC(=O)OC(C)(C)C. The zero-order valence-electron chi connectivity index (χ0n) is 25.3. The van der Waals surface area contributed by atoms with Crippen molar-refractivity contribution < 1.29 is 37.8 Å².